The lowest BCUT2D eigenvalue weighted by Gasteiger charge is -2.10. The molecule has 0 fully saturated rings. The molecule has 2 rings (SSSR count). The lowest BCUT2D eigenvalue weighted by atomic mass is 10.2. The number of aromatic amines is 1. The van der Waals surface area contributed by atoms with E-state index < -0.39 is 17.6 Å². The van der Waals surface area contributed by atoms with Gasteiger partial charge in [0, 0.05) is 6.54 Å². The Morgan fingerprint density at radius 2 is 2.24 bits per heavy atom. The van der Waals surface area contributed by atoms with Crippen molar-refractivity contribution < 1.29 is 14.3 Å². The molecule has 0 aromatic carbocycles. The summed E-state index contributed by atoms with van der Waals surface area (Å²) in [5.74, 6) is 0.0230. The van der Waals surface area contributed by atoms with E-state index >= 15 is 0 Å². The molecule has 112 valence electrons. The highest BCUT2D eigenvalue weighted by Crippen LogP contribution is 2.15. The van der Waals surface area contributed by atoms with Crippen molar-refractivity contribution >= 4 is 5.91 Å². The third-order valence-electron chi connectivity index (χ3n) is 3.06. The number of aliphatic hydroxyl groups is 1. The van der Waals surface area contributed by atoms with Crippen LogP contribution in [-0.4, -0.2) is 28.6 Å². The first kappa shape index (κ1) is 15.1. The van der Waals surface area contributed by atoms with E-state index in [1.54, 1.807) is 18.2 Å². The molecule has 0 saturated carbocycles. The van der Waals surface area contributed by atoms with Crippen LogP contribution in [0.5, 0.6) is 0 Å². The van der Waals surface area contributed by atoms with Gasteiger partial charge in [-0.05, 0) is 30.7 Å². The molecular weight excluding hydrogens is 272 g/mol. The van der Waals surface area contributed by atoms with Crippen LogP contribution < -0.4 is 10.9 Å². The molecule has 0 aliphatic carbocycles. The first-order valence-electron chi connectivity index (χ1n) is 6.85. The molecule has 0 saturated heterocycles. The van der Waals surface area contributed by atoms with Gasteiger partial charge < -0.3 is 19.8 Å². The smallest absolute Gasteiger partial charge is 0.261 e. The van der Waals surface area contributed by atoms with Crippen LogP contribution in [0.25, 0.3) is 11.5 Å². The van der Waals surface area contributed by atoms with Crippen LogP contribution in [0.4, 0.5) is 0 Å². The molecule has 1 amide bonds. The minimum absolute atomic E-state index is 0.00834. The van der Waals surface area contributed by atoms with Crippen molar-refractivity contribution in [2.45, 2.75) is 25.9 Å². The Morgan fingerprint density at radius 3 is 2.86 bits per heavy atom. The summed E-state index contributed by atoms with van der Waals surface area (Å²) in [6.45, 7) is 2.08. The van der Waals surface area contributed by atoms with Gasteiger partial charge >= 0.3 is 0 Å². The standard InChI is InChI=1S/C15H18N2O4/c1-2-4-10(18)9-16-14(19)11-6-7-12(17-15(11)20)13-5-3-8-21-13/h3,5-8,10,18H,2,4,9H2,1H3,(H,16,19)(H,17,20). The van der Waals surface area contributed by atoms with Crippen LogP contribution in [-0.2, 0) is 0 Å². The van der Waals surface area contributed by atoms with Gasteiger partial charge in [0.15, 0.2) is 0 Å². The number of aliphatic hydroxyl groups excluding tert-OH is 1. The SMILES string of the molecule is CCCC(O)CNC(=O)c1ccc(-c2ccco2)[nH]c1=O. The fraction of sp³-hybridized carbons (Fsp3) is 0.333. The molecular formula is C15H18N2O4. The molecule has 1 unspecified atom stereocenters. The van der Waals surface area contributed by atoms with Gasteiger partial charge in [-0.1, -0.05) is 13.3 Å². The summed E-state index contributed by atoms with van der Waals surface area (Å²) in [7, 11) is 0. The van der Waals surface area contributed by atoms with Crippen LogP contribution in [0.15, 0.2) is 39.7 Å². The molecule has 6 heteroatoms. The Bertz CT molecular complexity index is 646. The van der Waals surface area contributed by atoms with Gasteiger partial charge in [0.05, 0.1) is 18.1 Å². The van der Waals surface area contributed by atoms with Gasteiger partial charge in [0.2, 0.25) is 0 Å². The Kier molecular flexibility index (Phi) is 4.94. The average Bonchev–Trinajstić information content (AvgIpc) is 2.99. The average molecular weight is 290 g/mol. The van der Waals surface area contributed by atoms with E-state index in [0.29, 0.717) is 17.9 Å². The maximum Gasteiger partial charge on any atom is 0.261 e. The quantitative estimate of drug-likeness (QED) is 0.751. The number of H-pyrrole nitrogens is 1. The molecule has 1 atom stereocenters. The normalized spacial score (nSPS) is 12.1. The fourth-order valence-corrected chi connectivity index (χ4v) is 1.97. The number of rotatable bonds is 6. The van der Waals surface area contributed by atoms with Gasteiger partial charge in [0.25, 0.3) is 11.5 Å². The molecule has 0 bridgehead atoms. The van der Waals surface area contributed by atoms with Crippen LogP contribution in [0.2, 0.25) is 0 Å². The third kappa shape index (κ3) is 3.82. The van der Waals surface area contributed by atoms with Crippen LogP contribution in [0, 0.1) is 0 Å². The number of furan rings is 1. The first-order chi connectivity index (χ1) is 10.1. The Hall–Kier alpha value is -2.34. The van der Waals surface area contributed by atoms with Crippen molar-refractivity contribution in [1.82, 2.24) is 10.3 Å². The second kappa shape index (κ2) is 6.90. The molecule has 3 N–H and O–H groups in total. The van der Waals surface area contributed by atoms with Crippen LogP contribution in [0.1, 0.15) is 30.1 Å². The van der Waals surface area contributed by atoms with Crippen LogP contribution >= 0.6 is 0 Å². The molecule has 6 nitrogen and oxygen atoms in total. The summed E-state index contributed by atoms with van der Waals surface area (Å²) in [4.78, 5) is 26.4. The number of nitrogens with one attached hydrogen (secondary N) is 2. The van der Waals surface area contributed by atoms with E-state index in [2.05, 4.69) is 10.3 Å². The predicted octanol–water partition coefficient (Wildman–Crippen LogP) is 1.53. The lowest BCUT2D eigenvalue weighted by molar-refractivity contribution is 0.0908. The summed E-state index contributed by atoms with van der Waals surface area (Å²) in [5, 5.41) is 12.1. The molecule has 0 spiro atoms. The first-order valence-corrected chi connectivity index (χ1v) is 6.85. The van der Waals surface area contributed by atoms with Crippen molar-refractivity contribution in [1.29, 1.82) is 0 Å². The molecule has 0 aliphatic heterocycles. The zero-order chi connectivity index (χ0) is 15.2. The van der Waals surface area contributed by atoms with E-state index in [-0.39, 0.29) is 12.1 Å². The monoisotopic (exact) mass is 290 g/mol. The van der Waals surface area contributed by atoms with E-state index in [1.165, 1.54) is 12.3 Å². The van der Waals surface area contributed by atoms with Crippen molar-refractivity contribution in [3.05, 3.63) is 46.4 Å². The highest BCUT2D eigenvalue weighted by atomic mass is 16.3. The zero-order valence-electron chi connectivity index (χ0n) is 11.8. The summed E-state index contributed by atoms with van der Waals surface area (Å²) in [6, 6.07) is 6.48. The van der Waals surface area contributed by atoms with Crippen molar-refractivity contribution in [3.8, 4) is 11.5 Å². The lowest BCUT2D eigenvalue weighted by Crippen LogP contribution is -2.35. The minimum atomic E-state index is -0.597. The zero-order valence-corrected chi connectivity index (χ0v) is 11.8. The molecule has 2 heterocycles. The number of carbonyl (C=O) groups is 1. The van der Waals surface area contributed by atoms with Crippen molar-refractivity contribution in [2.75, 3.05) is 6.54 Å². The van der Waals surface area contributed by atoms with Gasteiger partial charge in [-0.15, -0.1) is 0 Å². The van der Waals surface area contributed by atoms with Crippen molar-refractivity contribution in [2.24, 2.45) is 0 Å². The number of aromatic nitrogens is 1. The van der Waals surface area contributed by atoms with E-state index in [9.17, 15) is 14.7 Å². The Labute approximate surface area is 121 Å². The second-order valence-corrected chi connectivity index (χ2v) is 4.74. The Morgan fingerprint density at radius 1 is 1.43 bits per heavy atom. The van der Waals surface area contributed by atoms with Gasteiger partial charge in [-0.2, -0.15) is 0 Å². The number of pyridine rings is 1. The summed E-state index contributed by atoms with van der Waals surface area (Å²) in [6.07, 6.45) is 2.34. The molecule has 0 radical (unpaired) electrons. The largest absolute Gasteiger partial charge is 0.463 e. The Balaban J connectivity index is 2.07. The number of carbonyl (C=O) groups excluding carboxylic acids is 1. The number of amides is 1. The minimum Gasteiger partial charge on any atom is -0.463 e. The van der Waals surface area contributed by atoms with Crippen LogP contribution in [0.3, 0.4) is 0 Å². The summed E-state index contributed by atoms with van der Waals surface area (Å²) >= 11 is 0. The van der Waals surface area contributed by atoms with E-state index in [1.807, 2.05) is 6.92 Å². The second-order valence-electron chi connectivity index (χ2n) is 4.74. The van der Waals surface area contributed by atoms with Gasteiger partial charge in [0.1, 0.15) is 11.3 Å². The molecule has 21 heavy (non-hydrogen) atoms. The molecule has 2 aromatic heterocycles. The third-order valence-corrected chi connectivity index (χ3v) is 3.06. The number of hydrogen-bond acceptors (Lipinski definition) is 4. The van der Waals surface area contributed by atoms with Crippen molar-refractivity contribution in [3.63, 3.8) is 0 Å². The maximum atomic E-state index is 11.9. The van der Waals surface area contributed by atoms with Gasteiger partial charge in [-0.25, -0.2) is 0 Å². The highest BCUT2D eigenvalue weighted by molar-refractivity contribution is 5.94. The topological polar surface area (TPSA) is 95.3 Å². The van der Waals surface area contributed by atoms with Gasteiger partial charge in [-0.3, -0.25) is 9.59 Å². The van der Waals surface area contributed by atoms with E-state index in [0.717, 1.165) is 6.42 Å². The highest BCUT2D eigenvalue weighted by Gasteiger charge is 2.13. The summed E-state index contributed by atoms with van der Waals surface area (Å²) in [5.41, 5.74) is 0.0213. The predicted molar refractivity (Wildman–Crippen MR) is 78.0 cm³/mol. The maximum absolute atomic E-state index is 11.9. The molecule has 0 aliphatic rings. The number of hydrogen-bond donors (Lipinski definition) is 3. The van der Waals surface area contributed by atoms with E-state index in [4.69, 9.17) is 4.42 Å². The summed E-state index contributed by atoms with van der Waals surface area (Å²) < 4.78 is 5.18. The molecule has 2 aromatic rings. The fourth-order valence-electron chi connectivity index (χ4n) is 1.97.